The fraction of sp³-hybridized carbons (Fsp3) is 0.976. The van der Waals surface area contributed by atoms with Crippen molar-refractivity contribution in [2.45, 2.75) is 243 Å². The predicted molar refractivity (Wildman–Crippen MR) is 204 cm³/mol. The maximum atomic E-state index is 12.9. The van der Waals surface area contributed by atoms with E-state index in [2.05, 4.69) is 19.2 Å². The molecule has 0 spiro atoms. The van der Waals surface area contributed by atoms with Crippen molar-refractivity contribution in [1.82, 2.24) is 5.32 Å². The summed E-state index contributed by atoms with van der Waals surface area (Å²) in [6.07, 6.45) is 22.5. The maximum Gasteiger partial charge on any atom is 0.220 e. The summed E-state index contributed by atoms with van der Waals surface area (Å²) in [6, 6.07) is -0.983. The van der Waals surface area contributed by atoms with Gasteiger partial charge in [0.1, 0.15) is 30.5 Å². The van der Waals surface area contributed by atoms with Crippen LogP contribution in [-0.2, 0) is 14.3 Å². The van der Waals surface area contributed by atoms with Crippen molar-refractivity contribution in [3.63, 3.8) is 0 Å². The van der Waals surface area contributed by atoms with Crippen LogP contribution in [0, 0.1) is 0 Å². The van der Waals surface area contributed by atoms with E-state index in [1.807, 2.05) is 0 Å². The van der Waals surface area contributed by atoms with Gasteiger partial charge >= 0.3 is 0 Å². The summed E-state index contributed by atoms with van der Waals surface area (Å²) in [4.78, 5) is 12.9. The molecule has 10 nitrogen and oxygen atoms in total. The van der Waals surface area contributed by atoms with Crippen LogP contribution in [0.15, 0.2) is 0 Å². The van der Waals surface area contributed by atoms with Crippen LogP contribution in [0.1, 0.15) is 194 Å². The topological polar surface area (TPSA) is 169 Å². The zero-order valence-electron chi connectivity index (χ0n) is 32.7. The molecule has 1 amide bonds. The van der Waals surface area contributed by atoms with Gasteiger partial charge in [0.15, 0.2) is 6.29 Å². The number of hydrogen-bond acceptors (Lipinski definition) is 9. The van der Waals surface area contributed by atoms with Crippen LogP contribution in [0.3, 0.4) is 0 Å². The molecule has 51 heavy (non-hydrogen) atoms. The molecule has 0 aromatic heterocycles. The molecule has 1 saturated heterocycles. The van der Waals surface area contributed by atoms with Crippen molar-refractivity contribution in [1.29, 1.82) is 0 Å². The van der Waals surface area contributed by atoms with Crippen LogP contribution in [0.25, 0.3) is 0 Å². The van der Waals surface area contributed by atoms with Crippen LogP contribution in [-0.4, -0.2) is 98.7 Å². The molecule has 0 radical (unpaired) electrons. The van der Waals surface area contributed by atoms with Crippen LogP contribution in [0.2, 0.25) is 0 Å². The Bertz CT molecular complexity index is 788. The zero-order valence-corrected chi connectivity index (χ0v) is 32.7. The number of amides is 1. The van der Waals surface area contributed by atoms with Crippen molar-refractivity contribution < 1.29 is 44.9 Å². The minimum atomic E-state index is -1.60. The molecular weight excluding hydrogens is 650 g/mol. The van der Waals surface area contributed by atoms with Gasteiger partial charge in [0.2, 0.25) is 5.91 Å². The Balaban J connectivity index is 2.44. The van der Waals surface area contributed by atoms with Crippen LogP contribution >= 0.6 is 0 Å². The molecule has 304 valence electrons. The number of rotatable bonds is 35. The smallest absolute Gasteiger partial charge is 0.220 e. The number of hydrogen-bond donors (Lipinski definition) is 7. The highest BCUT2D eigenvalue weighted by atomic mass is 16.7. The Morgan fingerprint density at radius 1 is 0.608 bits per heavy atom. The second-order valence-electron chi connectivity index (χ2n) is 15.3. The number of unbranched alkanes of at least 4 members (excludes halogenated alkanes) is 24. The zero-order chi connectivity index (χ0) is 37.5. The molecule has 0 bridgehead atoms. The molecule has 0 saturated carbocycles. The quantitative estimate of drug-likeness (QED) is 0.0341. The van der Waals surface area contributed by atoms with Gasteiger partial charge in [0.25, 0.3) is 0 Å². The van der Waals surface area contributed by atoms with E-state index in [1.165, 1.54) is 122 Å². The standard InChI is InChI=1S/C41H81NO9/c1-3-5-7-9-11-13-15-17-18-20-22-24-26-28-30-36(45)42-33(32-50-41-40(49)39(48)38(47)35(31-43)51-41)37(46)34(44)29-27-25-23-21-19-16-14-12-10-8-6-4-2/h33-35,37-41,43-44,46-49H,3-32H2,1-2H3,(H,42,45)/t33-,34+,35+,37-,38+,39?,40?,41+/m0/s1. The van der Waals surface area contributed by atoms with E-state index in [4.69, 9.17) is 9.47 Å². The summed E-state index contributed by atoms with van der Waals surface area (Å²) in [5.41, 5.74) is 0. The van der Waals surface area contributed by atoms with Gasteiger partial charge in [-0.3, -0.25) is 4.79 Å². The van der Waals surface area contributed by atoms with Gasteiger partial charge < -0.3 is 45.4 Å². The number of carbonyl (C=O) groups excluding carboxylic acids is 1. The molecule has 1 fully saturated rings. The van der Waals surface area contributed by atoms with E-state index in [9.17, 15) is 35.4 Å². The number of aliphatic hydroxyl groups is 6. The van der Waals surface area contributed by atoms with E-state index in [0.29, 0.717) is 6.42 Å². The van der Waals surface area contributed by atoms with Gasteiger partial charge in [-0.2, -0.15) is 0 Å². The van der Waals surface area contributed by atoms with Gasteiger partial charge in [0, 0.05) is 6.42 Å². The first-order valence-electron chi connectivity index (χ1n) is 21.3. The maximum absolute atomic E-state index is 12.9. The predicted octanol–water partition coefficient (Wildman–Crippen LogP) is 6.97. The molecule has 7 N–H and O–H groups in total. The molecule has 1 rings (SSSR count). The van der Waals surface area contributed by atoms with E-state index >= 15 is 0 Å². The molecule has 2 unspecified atom stereocenters. The Kier molecular flexibility index (Phi) is 30.8. The second-order valence-corrected chi connectivity index (χ2v) is 15.3. The van der Waals surface area contributed by atoms with Gasteiger partial charge in [-0.25, -0.2) is 0 Å². The summed E-state index contributed by atoms with van der Waals surface area (Å²) in [5.74, 6) is -0.257. The first-order chi connectivity index (χ1) is 24.8. The lowest BCUT2D eigenvalue weighted by atomic mass is 9.98. The second kappa shape index (κ2) is 32.6. The average Bonchev–Trinajstić information content (AvgIpc) is 3.13. The number of ether oxygens (including phenoxy) is 2. The van der Waals surface area contributed by atoms with Crippen molar-refractivity contribution >= 4 is 5.91 Å². The lowest BCUT2D eigenvalue weighted by Gasteiger charge is -2.40. The van der Waals surface area contributed by atoms with Crippen LogP contribution in [0.5, 0.6) is 0 Å². The van der Waals surface area contributed by atoms with Crippen LogP contribution in [0.4, 0.5) is 0 Å². The Morgan fingerprint density at radius 3 is 1.45 bits per heavy atom. The number of nitrogens with one attached hydrogen (secondary N) is 1. The van der Waals surface area contributed by atoms with Crippen LogP contribution < -0.4 is 5.32 Å². The summed E-state index contributed by atoms with van der Waals surface area (Å²) >= 11 is 0. The molecule has 0 aliphatic carbocycles. The highest BCUT2D eigenvalue weighted by molar-refractivity contribution is 5.76. The van der Waals surface area contributed by atoms with E-state index in [1.54, 1.807) is 0 Å². The lowest BCUT2D eigenvalue weighted by molar-refractivity contribution is -0.303. The molecule has 0 aromatic rings. The summed E-state index contributed by atoms with van der Waals surface area (Å²) in [5, 5.41) is 64.9. The summed E-state index contributed by atoms with van der Waals surface area (Å²) < 4.78 is 11.1. The van der Waals surface area contributed by atoms with Crippen molar-refractivity contribution in [2.75, 3.05) is 13.2 Å². The summed E-state index contributed by atoms with van der Waals surface area (Å²) in [7, 11) is 0. The van der Waals surface area contributed by atoms with Gasteiger partial charge in [-0.15, -0.1) is 0 Å². The molecule has 1 aliphatic rings. The minimum Gasteiger partial charge on any atom is -0.394 e. The molecule has 1 heterocycles. The molecule has 10 heteroatoms. The normalized spacial score (nSPS) is 22.5. The molecule has 8 atom stereocenters. The van der Waals surface area contributed by atoms with Crippen molar-refractivity contribution in [2.24, 2.45) is 0 Å². The van der Waals surface area contributed by atoms with Crippen molar-refractivity contribution in [3.8, 4) is 0 Å². The SMILES string of the molecule is CCCCCCCCCCCCCCCCC(=O)N[C@@H](CO[C@@H]1O[C@H](CO)[C@@H](O)C(O)C1O)[C@H](O)[C@H](O)CCCCCCCCCCCCCC. The van der Waals surface area contributed by atoms with Crippen molar-refractivity contribution in [3.05, 3.63) is 0 Å². The Hall–Kier alpha value is -0.850. The highest BCUT2D eigenvalue weighted by Crippen LogP contribution is 2.23. The minimum absolute atomic E-state index is 0.257. The molecule has 0 aromatic carbocycles. The first kappa shape index (κ1) is 48.2. The molecular formula is C41H81NO9. The Labute approximate surface area is 311 Å². The monoisotopic (exact) mass is 732 g/mol. The van der Waals surface area contributed by atoms with E-state index < -0.39 is 55.6 Å². The van der Waals surface area contributed by atoms with E-state index in [0.717, 1.165) is 44.9 Å². The third-order valence-corrected chi connectivity index (χ3v) is 10.6. The highest BCUT2D eigenvalue weighted by Gasteiger charge is 2.44. The third kappa shape index (κ3) is 23.5. The van der Waals surface area contributed by atoms with Gasteiger partial charge in [0.05, 0.1) is 25.4 Å². The van der Waals surface area contributed by atoms with Gasteiger partial charge in [-0.1, -0.05) is 174 Å². The fourth-order valence-electron chi connectivity index (χ4n) is 7.02. The number of carbonyl (C=O) groups is 1. The lowest BCUT2D eigenvalue weighted by Crippen LogP contribution is -2.60. The Morgan fingerprint density at radius 2 is 1.02 bits per heavy atom. The third-order valence-electron chi connectivity index (χ3n) is 10.6. The molecule has 1 aliphatic heterocycles. The fourth-order valence-corrected chi connectivity index (χ4v) is 7.02. The summed E-state index contributed by atoms with van der Waals surface area (Å²) in [6.45, 7) is 3.59. The average molecular weight is 732 g/mol. The number of aliphatic hydroxyl groups excluding tert-OH is 6. The first-order valence-corrected chi connectivity index (χ1v) is 21.3. The van der Waals surface area contributed by atoms with Gasteiger partial charge in [-0.05, 0) is 12.8 Å². The van der Waals surface area contributed by atoms with E-state index in [-0.39, 0.29) is 18.9 Å². The largest absolute Gasteiger partial charge is 0.394 e.